The van der Waals surface area contributed by atoms with Crippen molar-refractivity contribution in [1.29, 1.82) is 0 Å². The molecule has 3 rings (SSSR count). The van der Waals surface area contributed by atoms with Gasteiger partial charge in [-0.1, -0.05) is 19.9 Å². The van der Waals surface area contributed by atoms with E-state index in [9.17, 15) is 0 Å². The van der Waals surface area contributed by atoms with Crippen LogP contribution in [0.2, 0.25) is 0 Å². The van der Waals surface area contributed by atoms with Crippen molar-refractivity contribution >= 4 is 5.82 Å². The molecule has 0 saturated carbocycles. The SMILES string of the molecule is CC(C)c1cn(-c2ccccn2)nc1N1CCOCC1. The van der Waals surface area contributed by atoms with Crippen molar-refractivity contribution in [2.75, 3.05) is 31.2 Å². The molecule has 0 atom stereocenters. The molecule has 5 nitrogen and oxygen atoms in total. The van der Waals surface area contributed by atoms with E-state index in [2.05, 4.69) is 29.9 Å². The Labute approximate surface area is 119 Å². The van der Waals surface area contributed by atoms with Crippen LogP contribution >= 0.6 is 0 Å². The highest BCUT2D eigenvalue weighted by molar-refractivity contribution is 5.49. The van der Waals surface area contributed by atoms with E-state index >= 15 is 0 Å². The minimum Gasteiger partial charge on any atom is -0.378 e. The van der Waals surface area contributed by atoms with Gasteiger partial charge in [0.25, 0.3) is 0 Å². The number of ether oxygens (including phenoxy) is 1. The monoisotopic (exact) mass is 272 g/mol. The molecule has 0 N–H and O–H groups in total. The Morgan fingerprint density at radius 2 is 2.00 bits per heavy atom. The molecule has 20 heavy (non-hydrogen) atoms. The number of pyridine rings is 1. The van der Waals surface area contributed by atoms with Crippen LogP contribution in [0.1, 0.15) is 25.3 Å². The molecule has 0 aliphatic carbocycles. The Hall–Kier alpha value is -1.88. The first-order valence-corrected chi connectivity index (χ1v) is 7.09. The summed E-state index contributed by atoms with van der Waals surface area (Å²) in [5.74, 6) is 2.35. The van der Waals surface area contributed by atoms with Crippen LogP contribution in [0.15, 0.2) is 30.6 Å². The largest absolute Gasteiger partial charge is 0.378 e. The van der Waals surface area contributed by atoms with E-state index < -0.39 is 0 Å². The number of anilines is 1. The van der Waals surface area contributed by atoms with Gasteiger partial charge in [0, 0.05) is 31.0 Å². The van der Waals surface area contributed by atoms with Crippen LogP contribution < -0.4 is 4.90 Å². The first kappa shape index (κ1) is 13.1. The molecule has 2 aromatic rings. The van der Waals surface area contributed by atoms with E-state index in [0.717, 1.165) is 37.9 Å². The van der Waals surface area contributed by atoms with Gasteiger partial charge < -0.3 is 9.64 Å². The highest BCUT2D eigenvalue weighted by Crippen LogP contribution is 2.27. The molecular weight excluding hydrogens is 252 g/mol. The summed E-state index contributed by atoms with van der Waals surface area (Å²) >= 11 is 0. The molecule has 0 aromatic carbocycles. The van der Waals surface area contributed by atoms with Crippen molar-refractivity contribution in [3.8, 4) is 5.82 Å². The molecule has 3 heterocycles. The summed E-state index contributed by atoms with van der Waals surface area (Å²) in [5.41, 5.74) is 1.26. The maximum atomic E-state index is 5.42. The molecule has 0 bridgehead atoms. The number of hydrogen-bond donors (Lipinski definition) is 0. The highest BCUT2D eigenvalue weighted by Gasteiger charge is 2.20. The van der Waals surface area contributed by atoms with Gasteiger partial charge >= 0.3 is 0 Å². The smallest absolute Gasteiger partial charge is 0.154 e. The van der Waals surface area contributed by atoms with E-state index in [-0.39, 0.29) is 0 Å². The van der Waals surface area contributed by atoms with E-state index in [1.165, 1.54) is 5.56 Å². The first-order chi connectivity index (χ1) is 9.75. The lowest BCUT2D eigenvalue weighted by molar-refractivity contribution is 0.122. The minimum absolute atomic E-state index is 0.435. The fraction of sp³-hybridized carbons (Fsp3) is 0.467. The third-order valence-corrected chi connectivity index (χ3v) is 3.54. The summed E-state index contributed by atoms with van der Waals surface area (Å²) in [4.78, 5) is 6.67. The zero-order valence-electron chi connectivity index (χ0n) is 12.0. The van der Waals surface area contributed by atoms with E-state index in [0.29, 0.717) is 5.92 Å². The molecule has 0 spiro atoms. The Morgan fingerprint density at radius 3 is 2.65 bits per heavy atom. The molecule has 1 saturated heterocycles. The summed E-state index contributed by atoms with van der Waals surface area (Å²) in [5, 5.41) is 4.75. The van der Waals surface area contributed by atoms with Gasteiger partial charge in [-0.15, -0.1) is 5.10 Å². The summed E-state index contributed by atoms with van der Waals surface area (Å²) < 4.78 is 7.30. The standard InChI is InChI=1S/C15H20N4O/c1-12(2)13-11-19(14-5-3-4-6-16-14)17-15(13)18-7-9-20-10-8-18/h3-6,11-12H,7-10H2,1-2H3. The zero-order chi connectivity index (χ0) is 13.9. The normalized spacial score (nSPS) is 15.8. The second kappa shape index (κ2) is 5.63. The molecule has 106 valence electrons. The van der Waals surface area contributed by atoms with Crippen molar-refractivity contribution < 1.29 is 4.74 Å². The van der Waals surface area contributed by atoms with Gasteiger partial charge in [0.1, 0.15) is 0 Å². The summed E-state index contributed by atoms with van der Waals surface area (Å²) in [6.45, 7) is 7.74. The number of rotatable bonds is 3. The summed E-state index contributed by atoms with van der Waals surface area (Å²) in [6, 6.07) is 5.87. The lowest BCUT2D eigenvalue weighted by Crippen LogP contribution is -2.37. The van der Waals surface area contributed by atoms with Crippen LogP contribution in [0.25, 0.3) is 5.82 Å². The van der Waals surface area contributed by atoms with Gasteiger partial charge in [-0.05, 0) is 18.1 Å². The Balaban J connectivity index is 1.98. The summed E-state index contributed by atoms with van der Waals surface area (Å²) in [6.07, 6.45) is 3.89. The quantitative estimate of drug-likeness (QED) is 0.859. The van der Waals surface area contributed by atoms with Gasteiger partial charge in [-0.3, -0.25) is 0 Å². The fourth-order valence-corrected chi connectivity index (χ4v) is 2.41. The Bertz CT molecular complexity index is 559. The van der Waals surface area contributed by atoms with Crippen molar-refractivity contribution in [2.24, 2.45) is 0 Å². The molecule has 0 amide bonds. The number of nitrogens with zero attached hydrogens (tertiary/aromatic N) is 4. The lowest BCUT2D eigenvalue weighted by Gasteiger charge is -2.28. The van der Waals surface area contributed by atoms with Crippen LogP contribution in [0.4, 0.5) is 5.82 Å². The topological polar surface area (TPSA) is 43.2 Å². The Kier molecular flexibility index (Phi) is 3.69. The lowest BCUT2D eigenvalue weighted by atomic mass is 10.1. The summed E-state index contributed by atoms with van der Waals surface area (Å²) in [7, 11) is 0. The van der Waals surface area contributed by atoms with Crippen LogP contribution in [-0.2, 0) is 4.74 Å². The molecule has 1 aliphatic heterocycles. The molecule has 1 fully saturated rings. The molecule has 0 unspecified atom stereocenters. The average molecular weight is 272 g/mol. The van der Waals surface area contributed by atoms with Gasteiger partial charge in [0.05, 0.1) is 13.2 Å². The predicted molar refractivity (Wildman–Crippen MR) is 78.5 cm³/mol. The molecule has 5 heteroatoms. The third kappa shape index (κ3) is 2.54. The van der Waals surface area contributed by atoms with Crippen molar-refractivity contribution in [3.63, 3.8) is 0 Å². The van der Waals surface area contributed by atoms with Crippen LogP contribution in [0.3, 0.4) is 0 Å². The minimum atomic E-state index is 0.435. The van der Waals surface area contributed by atoms with Gasteiger partial charge in [0.2, 0.25) is 0 Å². The third-order valence-electron chi connectivity index (χ3n) is 3.54. The highest BCUT2D eigenvalue weighted by atomic mass is 16.5. The first-order valence-electron chi connectivity index (χ1n) is 7.09. The van der Waals surface area contributed by atoms with Crippen LogP contribution in [-0.4, -0.2) is 41.1 Å². The fourth-order valence-electron chi connectivity index (χ4n) is 2.41. The van der Waals surface area contributed by atoms with E-state index in [4.69, 9.17) is 9.84 Å². The molecule has 0 radical (unpaired) electrons. The molecular formula is C15H20N4O. The predicted octanol–water partition coefficient (Wildman–Crippen LogP) is 2.23. The van der Waals surface area contributed by atoms with Gasteiger partial charge in [-0.2, -0.15) is 0 Å². The number of hydrogen-bond acceptors (Lipinski definition) is 4. The molecule has 1 aliphatic rings. The zero-order valence-corrected chi connectivity index (χ0v) is 12.0. The average Bonchev–Trinajstić information content (AvgIpc) is 2.94. The van der Waals surface area contributed by atoms with Crippen molar-refractivity contribution in [1.82, 2.24) is 14.8 Å². The molecule has 2 aromatic heterocycles. The maximum absolute atomic E-state index is 5.42. The van der Waals surface area contributed by atoms with Crippen molar-refractivity contribution in [2.45, 2.75) is 19.8 Å². The second-order valence-electron chi connectivity index (χ2n) is 5.29. The van der Waals surface area contributed by atoms with Gasteiger partial charge in [-0.25, -0.2) is 9.67 Å². The van der Waals surface area contributed by atoms with E-state index in [1.54, 1.807) is 6.20 Å². The van der Waals surface area contributed by atoms with Gasteiger partial charge in [0.15, 0.2) is 11.6 Å². The van der Waals surface area contributed by atoms with Crippen LogP contribution in [0.5, 0.6) is 0 Å². The second-order valence-corrected chi connectivity index (χ2v) is 5.29. The Morgan fingerprint density at radius 1 is 1.20 bits per heavy atom. The van der Waals surface area contributed by atoms with Crippen molar-refractivity contribution in [3.05, 3.63) is 36.2 Å². The maximum Gasteiger partial charge on any atom is 0.154 e. The number of morpholine rings is 1. The number of aromatic nitrogens is 3. The van der Waals surface area contributed by atoms with E-state index in [1.807, 2.05) is 22.9 Å². The van der Waals surface area contributed by atoms with Crippen LogP contribution in [0, 0.1) is 0 Å².